The summed E-state index contributed by atoms with van der Waals surface area (Å²) in [7, 11) is 0. The summed E-state index contributed by atoms with van der Waals surface area (Å²) in [6, 6.07) is 18.3. The molecule has 0 bridgehead atoms. The highest BCUT2D eigenvalue weighted by atomic mass is 16.1. The van der Waals surface area contributed by atoms with Crippen LogP contribution in [0.2, 0.25) is 0 Å². The summed E-state index contributed by atoms with van der Waals surface area (Å²) >= 11 is 0. The Kier molecular flexibility index (Phi) is 3.73. The van der Waals surface area contributed by atoms with Crippen molar-refractivity contribution in [1.82, 2.24) is 14.4 Å². The largest absolute Gasteiger partial charge is 0.289 e. The molecule has 0 radical (unpaired) electrons. The Morgan fingerprint density at radius 3 is 2.48 bits per heavy atom. The molecule has 156 valence electrons. The maximum atomic E-state index is 13.6. The number of aromatic nitrogens is 3. The molecule has 7 rings (SSSR count). The van der Waals surface area contributed by atoms with Crippen LogP contribution in [0.15, 0.2) is 88.0 Å². The maximum Gasteiger partial charge on any atom is 0.263 e. The lowest BCUT2D eigenvalue weighted by Crippen LogP contribution is -2.13. The summed E-state index contributed by atoms with van der Waals surface area (Å²) < 4.78 is 1.86. The molecule has 3 aromatic heterocycles. The highest BCUT2D eigenvalue weighted by molar-refractivity contribution is 6.21. The smallest absolute Gasteiger partial charge is 0.263 e. The molecule has 0 fully saturated rings. The van der Waals surface area contributed by atoms with Crippen molar-refractivity contribution in [2.45, 2.75) is 6.04 Å². The molecule has 33 heavy (non-hydrogen) atoms. The fourth-order valence-corrected chi connectivity index (χ4v) is 5.00. The first-order chi connectivity index (χ1) is 16.3. The van der Waals surface area contributed by atoms with E-state index in [1.165, 1.54) is 0 Å². The molecule has 1 aliphatic heterocycles. The topological polar surface area (TPSA) is 72.0 Å². The molecule has 0 saturated heterocycles. The molecule has 3 aromatic carbocycles. The predicted octanol–water partition coefficient (Wildman–Crippen LogP) is 4.85. The van der Waals surface area contributed by atoms with Crippen LogP contribution in [-0.4, -0.2) is 33.3 Å². The van der Waals surface area contributed by atoms with Gasteiger partial charge in [0.05, 0.1) is 35.5 Å². The third kappa shape index (κ3) is 2.58. The molecule has 0 amide bonds. The molecule has 6 aromatic rings. The van der Waals surface area contributed by atoms with Gasteiger partial charge in [-0.15, -0.1) is 0 Å². The fraction of sp³-hybridized carbons (Fsp3) is 0.0741. The molecule has 0 saturated carbocycles. The minimum absolute atomic E-state index is 0.00149. The van der Waals surface area contributed by atoms with Crippen molar-refractivity contribution >= 4 is 50.4 Å². The zero-order chi connectivity index (χ0) is 21.9. The summed E-state index contributed by atoms with van der Waals surface area (Å²) in [5.41, 5.74) is 4.69. The molecule has 0 N–H and O–H groups in total. The third-order valence-electron chi connectivity index (χ3n) is 6.50. The molecule has 1 atom stereocenters. The van der Waals surface area contributed by atoms with Crippen LogP contribution in [0.5, 0.6) is 0 Å². The third-order valence-corrected chi connectivity index (χ3v) is 6.50. The molecular weight excluding hydrogens is 410 g/mol. The van der Waals surface area contributed by atoms with Crippen molar-refractivity contribution in [3.05, 3.63) is 89.1 Å². The highest BCUT2D eigenvalue weighted by Crippen LogP contribution is 2.38. The second-order valence-corrected chi connectivity index (χ2v) is 8.30. The average molecular weight is 427 g/mol. The Morgan fingerprint density at radius 2 is 1.70 bits per heavy atom. The lowest BCUT2D eigenvalue weighted by atomic mass is 9.99. The first-order valence-electron chi connectivity index (χ1n) is 10.8. The van der Waals surface area contributed by atoms with Gasteiger partial charge in [0, 0.05) is 51.9 Å². The van der Waals surface area contributed by atoms with E-state index in [0.717, 1.165) is 49.4 Å². The molecule has 4 heterocycles. The zero-order valence-electron chi connectivity index (χ0n) is 17.5. The van der Waals surface area contributed by atoms with Crippen LogP contribution in [0.4, 0.5) is 0 Å². The minimum atomic E-state index is -0.0153. The molecule has 6 nitrogen and oxygen atoms in total. The van der Waals surface area contributed by atoms with E-state index < -0.39 is 0 Å². The second kappa shape index (κ2) is 6.77. The van der Waals surface area contributed by atoms with Crippen molar-refractivity contribution in [2.75, 3.05) is 6.54 Å². The van der Waals surface area contributed by atoms with E-state index in [2.05, 4.69) is 44.2 Å². The monoisotopic (exact) mass is 427 g/mol. The summed E-state index contributed by atoms with van der Waals surface area (Å²) in [5.74, 6) is 0. The standard InChI is InChI=1S/C27H17N5O/c33-27-19-4-2-1-3-18(19)21-12-17(24-15-29-8-10-31-24)13-22-20-11-16(23-14-28-7-9-30-23)5-6-25(20)32(27)26(21)22/h1-13,15,23H,14H2. The van der Waals surface area contributed by atoms with Crippen molar-refractivity contribution in [3.8, 4) is 11.3 Å². The second-order valence-electron chi connectivity index (χ2n) is 8.30. The number of aliphatic imine (C=N–C) groups is 2. The number of fused-ring (bicyclic) bond motifs is 5. The van der Waals surface area contributed by atoms with E-state index in [-0.39, 0.29) is 11.6 Å². The lowest BCUT2D eigenvalue weighted by Gasteiger charge is -2.12. The lowest BCUT2D eigenvalue weighted by molar-refractivity contribution is 0.742. The van der Waals surface area contributed by atoms with Crippen molar-refractivity contribution < 1.29 is 0 Å². The molecule has 6 heteroatoms. The first-order valence-corrected chi connectivity index (χ1v) is 10.8. The fourth-order valence-electron chi connectivity index (χ4n) is 5.00. The van der Waals surface area contributed by atoms with Crippen LogP contribution in [0.3, 0.4) is 0 Å². The predicted molar refractivity (Wildman–Crippen MR) is 133 cm³/mol. The Morgan fingerprint density at radius 1 is 0.848 bits per heavy atom. The molecule has 0 spiro atoms. The number of hydrogen-bond acceptors (Lipinski definition) is 5. The molecular formula is C27H17N5O. The molecule has 1 aliphatic rings. The highest BCUT2D eigenvalue weighted by Gasteiger charge is 2.20. The summed E-state index contributed by atoms with van der Waals surface area (Å²) in [6.07, 6.45) is 8.63. The quantitative estimate of drug-likeness (QED) is 0.371. The maximum absolute atomic E-state index is 13.6. The van der Waals surface area contributed by atoms with E-state index in [9.17, 15) is 4.79 Å². The van der Waals surface area contributed by atoms with Gasteiger partial charge in [-0.25, -0.2) is 0 Å². The van der Waals surface area contributed by atoms with Gasteiger partial charge >= 0.3 is 0 Å². The Balaban J connectivity index is 1.67. The van der Waals surface area contributed by atoms with E-state index in [1.54, 1.807) is 31.0 Å². The number of pyridine rings is 1. The number of hydrogen-bond donors (Lipinski definition) is 0. The summed E-state index contributed by atoms with van der Waals surface area (Å²) in [4.78, 5) is 31.4. The van der Waals surface area contributed by atoms with Crippen LogP contribution in [0, 0.1) is 0 Å². The van der Waals surface area contributed by atoms with Gasteiger partial charge in [-0.2, -0.15) is 0 Å². The number of benzene rings is 3. The van der Waals surface area contributed by atoms with Gasteiger partial charge in [0.1, 0.15) is 0 Å². The van der Waals surface area contributed by atoms with Gasteiger partial charge in [0.15, 0.2) is 0 Å². The van der Waals surface area contributed by atoms with E-state index in [0.29, 0.717) is 11.9 Å². The Bertz CT molecular complexity index is 1820. The van der Waals surface area contributed by atoms with Crippen LogP contribution in [0.1, 0.15) is 11.6 Å². The van der Waals surface area contributed by atoms with Crippen LogP contribution >= 0.6 is 0 Å². The van der Waals surface area contributed by atoms with Crippen molar-refractivity contribution in [1.29, 1.82) is 0 Å². The van der Waals surface area contributed by atoms with Gasteiger partial charge in [-0.3, -0.25) is 29.1 Å². The Labute approximate surface area is 187 Å². The average Bonchev–Trinajstić information content (AvgIpc) is 3.22. The van der Waals surface area contributed by atoms with Gasteiger partial charge in [-0.05, 0) is 41.3 Å². The van der Waals surface area contributed by atoms with E-state index in [1.807, 2.05) is 34.7 Å². The van der Waals surface area contributed by atoms with Gasteiger partial charge < -0.3 is 0 Å². The normalized spacial score (nSPS) is 15.9. The number of rotatable bonds is 2. The molecule has 1 unspecified atom stereocenters. The van der Waals surface area contributed by atoms with Gasteiger partial charge in [0.2, 0.25) is 0 Å². The molecule has 0 aliphatic carbocycles. The minimum Gasteiger partial charge on any atom is -0.289 e. The SMILES string of the molecule is O=c1c2ccccc2c2cc(-c3cnccn3)cc3c4cc(C5CN=CC=N5)ccc4n1c23. The van der Waals surface area contributed by atoms with Crippen molar-refractivity contribution in [2.24, 2.45) is 9.98 Å². The van der Waals surface area contributed by atoms with Crippen molar-refractivity contribution in [3.63, 3.8) is 0 Å². The first kappa shape index (κ1) is 18.2. The van der Waals surface area contributed by atoms with Gasteiger partial charge in [-0.1, -0.05) is 24.3 Å². The van der Waals surface area contributed by atoms with Gasteiger partial charge in [0.25, 0.3) is 5.56 Å². The van der Waals surface area contributed by atoms with E-state index in [4.69, 9.17) is 0 Å². The van der Waals surface area contributed by atoms with Crippen LogP contribution < -0.4 is 5.56 Å². The van der Waals surface area contributed by atoms with Crippen LogP contribution in [-0.2, 0) is 0 Å². The summed E-state index contributed by atoms with van der Waals surface area (Å²) in [5, 5.41) is 4.73. The zero-order valence-corrected chi connectivity index (χ0v) is 17.5. The van der Waals surface area contributed by atoms with Crippen LogP contribution in [0.25, 0.3) is 49.2 Å². The summed E-state index contributed by atoms with van der Waals surface area (Å²) in [6.45, 7) is 0.626. The Hall–Kier alpha value is -4.45. The van der Waals surface area contributed by atoms with E-state index >= 15 is 0 Å². The number of nitrogens with zero attached hydrogens (tertiary/aromatic N) is 5.